The molecule has 0 saturated carbocycles. The Labute approximate surface area is 77.3 Å². The molecule has 1 amide bonds. The van der Waals surface area contributed by atoms with Crippen molar-refractivity contribution >= 4 is 11.9 Å². The summed E-state index contributed by atoms with van der Waals surface area (Å²) >= 11 is 0. The van der Waals surface area contributed by atoms with Crippen LogP contribution in [0.5, 0.6) is 0 Å². The van der Waals surface area contributed by atoms with E-state index in [1.807, 2.05) is 0 Å². The van der Waals surface area contributed by atoms with Crippen molar-refractivity contribution in [2.75, 3.05) is 27.3 Å². The first kappa shape index (κ1) is 11.9. The maximum absolute atomic E-state index is 11.1. The maximum atomic E-state index is 11.1. The van der Waals surface area contributed by atoms with Gasteiger partial charge in [-0.3, -0.25) is 9.59 Å². The molecule has 0 aromatic heterocycles. The van der Waals surface area contributed by atoms with Crippen LogP contribution in [0.15, 0.2) is 0 Å². The van der Waals surface area contributed by atoms with E-state index < -0.39 is 5.97 Å². The van der Waals surface area contributed by atoms with Gasteiger partial charge in [0.2, 0.25) is 5.91 Å². The predicted molar refractivity (Wildman–Crippen MR) is 46.4 cm³/mol. The van der Waals surface area contributed by atoms with E-state index in [4.69, 9.17) is 5.11 Å². The molecule has 0 heterocycles. The van der Waals surface area contributed by atoms with Crippen LogP contribution in [0.2, 0.25) is 0 Å². The monoisotopic (exact) mass is 189 g/mol. The van der Waals surface area contributed by atoms with Gasteiger partial charge in [0.15, 0.2) is 0 Å². The smallest absolute Gasteiger partial charge is 0.303 e. The SMILES string of the molecule is COCC(=O)N(C)CCCC(=O)O. The number of amides is 1. The van der Waals surface area contributed by atoms with Crippen LogP contribution in [0.3, 0.4) is 0 Å². The molecule has 0 aromatic rings. The number of likely N-dealkylation sites (N-methyl/N-ethyl adjacent to an activating group) is 1. The van der Waals surface area contributed by atoms with E-state index >= 15 is 0 Å². The maximum Gasteiger partial charge on any atom is 0.303 e. The first-order valence-corrected chi connectivity index (χ1v) is 4.02. The number of ether oxygens (including phenoxy) is 1. The van der Waals surface area contributed by atoms with Gasteiger partial charge in [-0.1, -0.05) is 0 Å². The zero-order valence-electron chi connectivity index (χ0n) is 7.95. The number of carbonyl (C=O) groups is 2. The number of carbonyl (C=O) groups excluding carboxylic acids is 1. The number of hydrogen-bond donors (Lipinski definition) is 1. The van der Waals surface area contributed by atoms with E-state index in [-0.39, 0.29) is 18.9 Å². The van der Waals surface area contributed by atoms with E-state index in [9.17, 15) is 9.59 Å². The number of methoxy groups -OCH3 is 1. The highest BCUT2D eigenvalue weighted by atomic mass is 16.5. The number of aliphatic carboxylic acids is 1. The van der Waals surface area contributed by atoms with Crippen LogP contribution in [-0.2, 0) is 14.3 Å². The van der Waals surface area contributed by atoms with E-state index in [0.29, 0.717) is 13.0 Å². The Balaban J connectivity index is 3.55. The third kappa shape index (κ3) is 6.10. The Kier molecular flexibility index (Phi) is 5.88. The Morgan fingerprint density at radius 1 is 1.46 bits per heavy atom. The summed E-state index contributed by atoms with van der Waals surface area (Å²) in [7, 11) is 3.08. The summed E-state index contributed by atoms with van der Waals surface area (Å²) in [6.07, 6.45) is 0.561. The molecule has 0 aliphatic heterocycles. The predicted octanol–water partition coefficient (Wildman–Crippen LogP) is -0.0440. The van der Waals surface area contributed by atoms with Crippen LogP contribution in [0.4, 0.5) is 0 Å². The van der Waals surface area contributed by atoms with Gasteiger partial charge in [0.1, 0.15) is 6.61 Å². The molecule has 0 aliphatic rings. The second-order valence-electron chi connectivity index (χ2n) is 2.75. The lowest BCUT2D eigenvalue weighted by molar-refractivity contribution is -0.138. The van der Waals surface area contributed by atoms with E-state index in [2.05, 4.69) is 4.74 Å². The van der Waals surface area contributed by atoms with Crippen LogP contribution in [0, 0.1) is 0 Å². The Bertz CT molecular complexity index is 181. The lowest BCUT2D eigenvalue weighted by Gasteiger charge is -2.15. The third-order valence-electron chi connectivity index (χ3n) is 1.58. The van der Waals surface area contributed by atoms with Crippen LogP contribution in [0.1, 0.15) is 12.8 Å². The Morgan fingerprint density at radius 3 is 2.54 bits per heavy atom. The summed E-state index contributed by atoms with van der Waals surface area (Å²) in [5, 5.41) is 8.34. The fourth-order valence-corrected chi connectivity index (χ4v) is 0.826. The summed E-state index contributed by atoms with van der Waals surface area (Å²) < 4.78 is 4.64. The minimum atomic E-state index is -0.840. The zero-order valence-corrected chi connectivity index (χ0v) is 7.95. The molecule has 0 aliphatic carbocycles. The molecule has 76 valence electrons. The molecule has 13 heavy (non-hydrogen) atoms. The second kappa shape index (κ2) is 6.42. The lowest BCUT2D eigenvalue weighted by Crippen LogP contribution is -2.31. The largest absolute Gasteiger partial charge is 0.481 e. The van der Waals surface area contributed by atoms with E-state index in [0.717, 1.165) is 0 Å². The molecular weight excluding hydrogens is 174 g/mol. The Hall–Kier alpha value is -1.10. The molecule has 0 bridgehead atoms. The van der Waals surface area contributed by atoms with Gasteiger partial charge < -0.3 is 14.7 Å². The van der Waals surface area contributed by atoms with Crippen molar-refractivity contribution in [1.82, 2.24) is 4.90 Å². The molecule has 0 aromatic carbocycles. The molecule has 5 heteroatoms. The standard InChI is InChI=1S/C8H15NO4/c1-9(7(10)6-13-2)5-3-4-8(11)12/h3-6H2,1-2H3,(H,11,12). The molecule has 0 atom stereocenters. The molecule has 0 saturated heterocycles. The quantitative estimate of drug-likeness (QED) is 0.636. The zero-order chi connectivity index (χ0) is 10.3. The topological polar surface area (TPSA) is 66.8 Å². The van der Waals surface area contributed by atoms with Crippen molar-refractivity contribution in [2.24, 2.45) is 0 Å². The van der Waals surface area contributed by atoms with Gasteiger partial charge >= 0.3 is 5.97 Å². The highest BCUT2D eigenvalue weighted by Crippen LogP contribution is 1.93. The number of rotatable bonds is 6. The summed E-state index contributed by atoms with van der Waals surface area (Å²) in [4.78, 5) is 22.7. The molecular formula is C8H15NO4. The van der Waals surface area contributed by atoms with Crippen molar-refractivity contribution in [3.8, 4) is 0 Å². The molecule has 0 unspecified atom stereocenters. The average Bonchev–Trinajstić information content (AvgIpc) is 2.04. The first-order chi connectivity index (χ1) is 6.07. The van der Waals surface area contributed by atoms with Crippen LogP contribution in [-0.4, -0.2) is 49.2 Å². The van der Waals surface area contributed by atoms with Gasteiger partial charge in [-0.2, -0.15) is 0 Å². The third-order valence-corrected chi connectivity index (χ3v) is 1.58. The highest BCUT2D eigenvalue weighted by Gasteiger charge is 2.07. The van der Waals surface area contributed by atoms with Crippen LogP contribution in [0.25, 0.3) is 0 Å². The molecule has 5 nitrogen and oxygen atoms in total. The van der Waals surface area contributed by atoms with Crippen LogP contribution < -0.4 is 0 Å². The normalized spacial score (nSPS) is 9.69. The summed E-state index contributed by atoms with van der Waals surface area (Å²) in [5.74, 6) is -0.972. The van der Waals surface area contributed by atoms with Gasteiger partial charge in [-0.25, -0.2) is 0 Å². The molecule has 0 spiro atoms. The van der Waals surface area contributed by atoms with Crippen LogP contribution >= 0.6 is 0 Å². The second-order valence-corrected chi connectivity index (χ2v) is 2.75. The summed E-state index contributed by atoms with van der Waals surface area (Å²) in [6.45, 7) is 0.498. The van der Waals surface area contributed by atoms with E-state index in [1.165, 1.54) is 12.0 Å². The number of hydrogen-bond acceptors (Lipinski definition) is 3. The lowest BCUT2D eigenvalue weighted by atomic mass is 10.3. The number of nitrogens with zero attached hydrogens (tertiary/aromatic N) is 1. The Morgan fingerprint density at radius 2 is 2.08 bits per heavy atom. The van der Waals surface area contributed by atoms with Gasteiger partial charge in [-0.05, 0) is 6.42 Å². The molecule has 0 fully saturated rings. The number of carboxylic acid groups (broad SMARTS) is 1. The fourth-order valence-electron chi connectivity index (χ4n) is 0.826. The van der Waals surface area contributed by atoms with Crippen molar-refractivity contribution < 1.29 is 19.4 Å². The molecule has 0 radical (unpaired) electrons. The van der Waals surface area contributed by atoms with Crippen molar-refractivity contribution in [1.29, 1.82) is 0 Å². The average molecular weight is 189 g/mol. The van der Waals surface area contributed by atoms with Gasteiger partial charge in [-0.15, -0.1) is 0 Å². The van der Waals surface area contributed by atoms with Gasteiger partial charge in [0.25, 0.3) is 0 Å². The fraction of sp³-hybridized carbons (Fsp3) is 0.750. The number of carboxylic acids is 1. The van der Waals surface area contributed by atoms with E-state index in [1.54, 1.807) is 7.05 Å². The van der Waals surface area contributed by atoms with Crippen molar-refractivity contribution in [3.05, 3.63) is 0 Å². The van der Waals surface area contributed by atoms with Gasteiger partial charge in [0, 0.05) is 27.1 Å². The van der Waals surface area contributed by atoms with Crippen molar-refractivity contribution in [2.45, 2.75) is 12.8 Å². The minimum Gasteiger partial charge on any atom is -0.481 e. The minimum absolute atomic E-state index is 0.0452. The molecule has 0 rings (SSSR count). The summed E-state index contributed by atoms with van der Waals surface area (Å²) in [6, 6.07) is 0. The van der Waals surface area contributed by atoms with Gasteiger partial charge in [0.05, 0.1) is 0 Å². The highest BCUT2D eigenvalue weighted by molar-refractivity contribution is 5.77. The van der Waals surface area contributed by atoms with Crippen molar-refractivity contribution in [3.63, 3.8) is 0 Å². The summed E-state index contributed by atoms with van der Waals surface area (Å²) in [5.41, 5.74) is 0. The molecule has 1 N–H and O–H groups in total. The first-order valence-electron chi connectivity index (χ1n) is 4.02.